The first-order valence-electron chi connectivity index (χ1n) is 25.3. The Kier molecular flexibility index (Phi) is 37.2. The number of hydrogen-bond donors (Lipinski definition) is 2. The van der Waals surface area contributed by atoms with Crippen molar-refractivity contribution >= 4 is 37.5 Å². The fourth-order valence-corrected chi connectivity index (χ4v) is 9.12. The van der Waals surface area contributed by atoms with Crippen molar-refractivity contribution < 1.29 is 81.5 Å². The number of esters is 2. The van der Waals surface area contributed by atoms with Crippen molar-refractivity contribution in [3.8, 4) is 0 Å². The predicted octanol–water partition coefficient (Wildman–Crippen LogP) is 8.39. The van der Waals surface area contributed by atoms with E-state index in [1.807, 2.05) is 0 Å². The van der Waals surface area contributed by atoms with Gasteiger partial charge in [-0.3, -0.25) is 37.9 Å². The monoisotopic (exact) mass is 934 g/mol. The summed E-state index contributed by atoms with van der Waals surface area (Å²) in [5, 5.41) is 2.74. The molecule has 15 heteroatoms. The molecular weight excluding hydrogens is 847 g/mol. The van der Waals surface area contributed by atoms with E-state index in [9.17, 15) is 33.4 Å². The van der Waals surface area contributed by atoms with Crippen molar-refractivity contribution in [2.75, 3.05) is 32.9 Å². The number of phosphoric acid groups is 1. The van der Waals surface area contributed by atoms with Crippen LogP contribution in [0.5, 0.6) is 0 Å². The third kappa shape index (κ3) is 31.4. The molecule has 0 radical (unpaired) electrons. The number of amides is 3. The van der Waals surface area contributed by atoms with Crippen LogP contribution in [0.2, 0.25) is 0 Å². The van der Waals surface area contributed by atoms with Crippen LogP contribution in [0.1, 0.15) is 219 Å². The molecule has 1 fully saturated rings. The molecule has 0 spiro atoms. The van der Waals surface area contributed by atoms with E-state index in [0.717, 1.165) is 38.5 Å². The molecule has 2 rings (SSSR count). The summed E-state index contributed by atoms with van der Waals surface area (Å²) in [6.07, 6.45) is 35.5. The Balaban J connectivity index is 0.0000205. The molecule has 1 heterocycles. The van der Waals surface area contributed by atoms with Crippen LogP contribution in [0.15, 0.2) is 12.2 Å². The normalized spacial score (nSPS) is 17.5. The average Bonchev–Trinajstić information content (AvgIpc) is 3.58. The molecular formula is C49H87N2NaO11P+. The molecule has 1 unspecified atom stereocenters. The Hall–Kier alpha value is -1.60. The molecule has 0 aromatic rings. The fourth-order valence-electron chi connectivity index (χ4n) is 8.36. The maximum atomic E-state index is 12.8. The second-order valence-electron chi connectivity index (χ2n) is 18.0. The first-order valence-corrected chi connectivity index (χ1v) is 26.8. The second kappa shape index (κ2) is 39.4. The number of nitrogens with zero attached hydrogens (tertiary/aromatic N) is 1. The first kappa shape index (κ1) is 60.4. The van der Waals surface area contributed by atoms with Crippen LogP contribution in [0, 0.1) is 11.8 Å². The zero-order valence-corrected chi connectivity index (χ0v) is 43.4. The van der Waals surface area contributed by atoms with Crippen molar-refractivity contribution in [2.45, 2.75) is 225 Å². The minimum Gasteiger partial charge on any atom is -0.462 e. The number of unbranched alkanes of at least 4 members (excludes halogenated alkanes) is 24. The summed E-state index contributed by atoms with van der Waals surface area (Å²) < 4.78 is 34.1. The zero-order chi connectivity index (χ0) is 45.8. The van der Waals surface area contributed by atoms with Crippen LogP contribution in [0.4, 0.5) is 0 Å². The van der Waals surface area contributed by atoms with Gasteiger partial charge in [0.1, 0.15) is 6.61 Å². The van der Waals surface area contributed by atoms with Crippen molar-refractivity contribution in [3.63, 3.8) is 0 Å². The van der Waals surface area contributed by atoms with E-state index in [-0.39, 0.29) is 91.7 Å². The molecule has 2 atom stereocenters. The average molecular weight is 934 g/mol. The van der Waals surface area contributed by atoms with E-state index < -0.39 is 32.5 Å². The smallest absolute Gasteiger partial charge is 0.462 e. The van der Waals surface area contributed by atoms with Crippen molar-refractivity contribution in [3.05, 3.63) is 12.2 Å². The van der Waals surface area contributed by atoms with Crippen molar-refractivity contribution in [2.24, 2.45) is 11.8 Å². The van der Waals surface area contributed by atoms with Gasteiger partial charge in [-0.2, -0.15) is 0 Å². The van der Waals surface area contributed by atoms with Crippen LogP contribution in [0.25, 0.3) is 0 Å². The van der Waals surface area contributed by atoms with Crippen LogP contribution in [-0.2, 0) is 47.1 Å². The molecule has 0 aromatic heterocycles. The van der Waals surface area contributed by atoms with Gasteiger partial charge >= 0.3 is 49.3 Å². The molecule has 13 nitrogen and oxygen atoms in total. The van der Waals surface area contributed by atoms with E-state index in [1.165, 1.54) is 133 Å². The Labute approximate surface area is 409 Å². The van der Waals surface area contributed by atoms with Gasteiger partial charge in [0, 0.05) is 44.0 Å². The molecule has 1 aliphatic heterocycles. The zero-order valence-electron chi connectivity index (χ0n) is 40.5. The van der Waals surface area contributed by atoms with Gasteiger partial charge in [0.15, 0.2) is 6.10 Å². The number of carbonyl (C=O) groups excluding carboxylic acids is 5. The molecule has 2 N–H and O–H groups in total. The van der Waals surface area contributed by atoms with Crippen molar-refractivity contribution in [1.29, 1.82) is 0 Å². The van der Waals surface area contributed by atoms with Gasteiger partial charge in [0.05, 0.1) is 13.2 Å². The quantitative estimate of drug-likeness (QED) is 0.0198. The van der Waals surface area contributed by atoms with Crippen LogP contribution >= 0.6 is 7.82 Å². The Morgan fingerprint density at radius 3 is 1.52 bits per heavy atom. The topological polar surface area (TPSA) is 175 Å². The molecule has 1 aliphatic carbocycles. The summed E-state index contributed by atoms with van der Waals surface area (Å²) in [6, 6.07) is 0. The molecule has 0 aromatic carbocycles. The van der Waals surface area contributed by atoms with Crippen LogP contribution < -0.4 is 34.9 Å². The van der Waals surface area contributed by atoms with Crippen LogP contribution in [0.3, 0.4) is 0 Å². The standard InChI is InChI=1S/C49H87N2O11P.Na/c1-3-5-7-9-11-13-15-17-19-21-23-25-27-29-47(54)59-40-44(62-48(55)30-28-26-24-22-20-18-16-14-12-10-8-6-4-2)41-61-63(57,58)60-38-37-50-49(56)43-33-31-42(32-34-43)39-51-45(52)35-36-46(51)53;/h35-36,42-44H,3-34,37-41H2,1-2H3,(H,50,56)(H,57,58);/q;+1/t42?,43?,44-;/m1./s1. The van der Waals surface area contributed by atoms with Crippen molar-refractivity contribution in [1.82, 2.24) is 10.2 Å². The summed E-state index contributed by atoms with van der Waals surface area (Å²) in [7, 11) is -4.61. The number of ether oxygens (including phenoxy) is 2. The van der Waals surface area contributed by atoms with E-state index in [4.69, 9.17) is 18.5 Å². The van der Waals surface area contributed by atoms with E-state index in [2.05, 4.69) is 19.2 Å². The van der Waals surface area contributed by atoms with Gasteiger partial charge in [0.2, 0.25) is 5.91 Å². The molecule has 64 heavy (non-hydrogen) atoms. The fraction of sp³-hybridized carbons (Fsp3) is 0.857. The number of nitrogens with one attached hydrogen (secondary N) is 1. The Morgan fingerprint density at radius 2 is 1.06 bits per heavy atom. The number of hydrogen-bond acceptors (Lipinski definition) is 10. The predicted molar refractivity (Wildman–Crippen MR) is 248 cm³/mol. The third-order valence-corrected chi connectivity index (χ3v) is 13.3. The number of phosphoric ester groups is 1. The summed E-state index contributed by atoms with van der Waals surface area (Å²) >= 11 is 0. The summed E-state index contributed by atoms with van der Waals surface area (Å²) in [5.41, 5.74) is 0. The SMILES string of the molecule is CCCCCCCCCCCCCCCC(=O)OC[C@H](COP(=O)(O)OCCNC(=O)C1CCC(CN2C(=O)C=CC2=O)CC1)OC(=O)CCCCCCCCCCCCCCC.[Na+]. The van der Waals surface area contributed by atoms with Gasteiger partial charge in [-0.05, 0) is 44.4 Å². The molecule has 3 amide bonds. The van der Waals surface area contributed by atoms with Gasteiger partial charge in [-0.25, -0.2) is 4.57 Å². The number of carbonyl (C=O) groups is 5. The van der Waals surface area contributed by atoms with Crippen LogP contribution in [-0.4, -0.2) is 78.5 Å². The van der Waals surface area contributed by atoms with Gasteiger partial charge in [0.25, 0.3) is 11.8 Å². The largest absolute Gasteiger partial charge is 1.00 e. The maximum absolute atomic E-state index is 12.8. The molecule has 0 saturated heterocycles. The maximum Gasteiger partial charge on any atom is 1.00 e. The van der Waals surface area contributed by atoms with Gasteiger partial charge in [-0.15, -0.1) is 0 Å². The molecule has 2 aliphatic rings. The summed E-state index contributed by atoms with van der Waals surface area (Å²) in [4.78, 5) is 73.6. The summed E-state index contributed by atoms with van der Waals surface area (Å²) in [5.74, 6) is -1.82. The van der Waals surface area contributed by atoms with E-state index in [1.54, 1.807) is 0 Å². The third-order valence-electron chi connectivity index (χ3n) is 12.3. The molecule has 1 saturated carbocycles. The van der Waals surface area contributed by atoms with E-state index >= 15 is 0 Å². The Morgan fingerprint density at radius 1 is 0.641 bits per heavy atom. The first-order chi connectivity index (χ1) is 30.5. The summed E-state index contributed by atoms with van der Waals surface area (Å²) in [6.45, 7) is 3.70. The number of rotatable bonds is 41. The van der Waals surface area contributed by atoms with Gasteiger partial charge in [-0.1, -0.05) is 168 Å². The minimum atomic E-state index is -4.61. The molecule has 364 valence electrons. The number of imide groups is 1. The second-order valence-corrected chi connectivity index (χ2v) is 19.5. The van der Waals surface area contributed by atoms with E-state index in [0.29, 0.717) is 45.1 Å². The molecule has 0 bridgehead atoms. The minimum absolute atomic E-state index is 0. The Bertz CT molecular complexity index is 1330. The van der Waals surface area contributed by atoms with Gasteiger partial charge < -0.3 is 19.7 Å².